The molecular formula is C21H28N2OSi. The van der Waals surface area contributed by atoms with Gasteiger partial charge in [-0.1, -0.05) is 37.8 Å². The van der Waals surface area contributed by atoms with Crippen LogP contribution in [0.3, 0.4) is 0 Å². The van der Waals surface area contributed by atoms with Crippen molar-refractivity contribution in [3.8, 4) is 0 Å². The zero-order valence-corrected chi connectivity index (χ0v) is 16.7. The fourth-order valence-electron chi connectivity index (χ4n) is 2.90. The van der Waals surface area contributed by atoms with Gasteiger partial charge in [0.2, 0.25) is 0 Å². The highest BCUT2D eigenvalue weighted by Crippen LogP contribution is 2.20. The van der Waals surface area contributed by atoms with Crippen molar-refractivity contribution in [3.63, 3.8) is 0 Å². The first-order chi connectivity index (χ1) is 11.9. The van der Waals surface area contributed by atoms with Crippen molar-refractivity contribution in [2.24, 2.45) is 0 Å². The summed E-state index contributed by atoms with van der Waals surface area (Å²) in [7, 11) is -1.03. The summed E-state index contributed by atoms with van der Waals surface area (Å²) in [5.41, 5.74) is 4.70. The molecule has 0 aliphatic carbocycles. The highest BCUT2D eigenvalue weighted by molar-refractivity contribution is 6.76. The van der Waals surface area contributed by atoms with Crippen molar-refractivity contribution >= 4 is 19.0 Å². The lowest BCUT2D eigenvalue weighted by Gasteiger charge is -2.16. The molecule has 0 atom stereocenters. The number of nitrogens with zero attached hydrogens (tertiary/aromatic N) is 2. The summed E-state index contributed by atoms with van der Waals surface area (Å²) < 4.78 is 8.12. The molecule has 0 radical (unpaired) electrons. The number of aromatic nitrogens is 2. The van der Waals surface area contributed by atoms with E-state index in [0.29, 0.717) is 6.73 Å². The molecule has 0 bridgehead atoms. The fraction of sp³-hybridized carbons (Fsp3) is 0.381. The summed E-state index contributed by atoms with van der Waals surface area (Å²) in [5.74, 6) is 0. The van der Waals surface area contributed by atoms with E-state index in [0.717, 1.165) is 24.4 Å². The highest BCUT2D eigenvalue weighted by atomic mass is 28.3. The Hall–Kier alpha value is -1.91. The molecule has 3 rings (SSSR count). The van der Waals surface area contributed by atoms with Gasteiger partial charge in [-0.15, -0.1) is 0 Å². The minimum Gasteiger partial charge on any atom is -0.361 e. The van der Waals surface area contributed by atoms with Gasteiger partial charge in [-0.3, -0.25) is 4.98 Å². The van der Waals surface area contributed by atoms with Gasteiger partial charge in [0.05, 0.1) is 5.52 Å². The maximum absolute atomic E-state index is 5.92. The van der Waals surface area contributed by atoms with E-state index in [9.17, 15) is 0 Å². The van der Waals surface area contributed by atoms with Gasteiger partial charge in [0.1, 0.15) is 6.73 Å². The van der Waals surface area contributed by atoms with Crippen LogP contribution < -0.4 is 0 Å². The van der Waals surface area contributed by atoms with E-state index in [2.05, 4.69) is 71.8 Å². The van der Waals surface area contributed by atoms with E-state index < -0.39 is 8.07 Å². The van der Waals surface area contributed by atoms with Gasteiger partial charge >= 0.3 is 0 Å². The summed E-state index contributed by atoms with van der Waals surface area (Å²) in [6.07, 6.45) is 2.98. The first kappa shape index (κ1) is 17.9. The van der Waals surface area contributed by atoms with Crippen molar-refractivity contribution in [3.05, 3.63) is 65.6 Å². The molecule has 3 aromatic rings. The minimum atomic E-state index is -1.03. The molecule has 0 unspecified atom stereocenters. The molecule has 0 aliphatic heterocycles. The van der Waals surface area contributed by atoms with E-state index in [4.69, 9.17) is 4.74 Å². The molecule has 2 aromatic heterocycles. The number of hydrogen-bond donors (Lipinski definition) is 0. The van der Waals surface area contributed by atoms with Crippen LogP contribution >= 0.6 is 0 Å². The van der Waals surface area contributed by atoms with Gasteiger partial charge in [0, 0.05) is 38.7 Å². The molecule has 132 valence electrons. The van der Waals surface area contributed by atoms with Crippen LogP contribution in [0.1, 0.15) is 17.0 Å². The maximum Gasteiger partial charge on any atom is 0.122 e. The molecule has 0 N–H and O–H groups in total. The molecule has 4 heteroatoms. The van der Waals surface area contributed by atoms with Gasteiger partial charge in [-0.2, -0.15) is 0 Å². The van der Waals surface area contributed by atoms with E-state index in [1.54, 1.807) is 0 Å². The molecule has 3 nitrogen and oxygen atoms in total. The van der Waals surface area contributed by atoms with Crippen molar-refractivity contribution in [1.82, 2.24) is 9.55 Å². The Morgan fingerprint density at radius 1 is 1.08 bits per heavy atom. The SMILES string of the molecule is Cc1cccc(Cc2ccc3ccn(COCC[Si](C)(C)C)c3c2)n1. The first-order valence-electron chi connectivity index (χ1n) is 8.99. The molecule has 2 heterocycles. The molecular weight excluding hydrogens is 324 g/mol. The van der Waals surface area contributed by atoms with Crippen LogP contribution in [-0.4, -0.2) is 24.2 Å². The van der Waals surface area contributed by atoms with E-state index in [1.165, 1.54) is 22.5 Å². The third-order valence-electron chi connectivity index (χ3n) is 4.40. The van der Waals surface area contributed by atoms with Crippen LogP contribution in [0.25, 0.3) is 10.9 Å². The van der Waals surface area contributed by atoms with Gasteiger partial charge in [0.15, 0.2) is 0 Å². The molecule has 0 saturated heterocycles. The zero-order valence-electron chi connectivity index (χ0n) is 15.7. The van der Waals surface area contributed by atoms with Crippen LogP contribution in [0.2, 0.25) is 25.7 Å². The number of hydrogen-bond acceptors (Lipinski definition) is 2. The third kappa shape index (κ3) is 5.03. The summed E-state index contributed by atoms with van der Waals surface area (Å²) in [6, 6.07) is 16.2. The number of ether oxygens (including phenoxy) is 1. The normalized spacial score (nSPS) is 12.0. The Bertz CT molecular complexity index is 848. The molecule has 1 aromatic carbocycles. The quantitative estimate of drug-likeness (QED) is 0.429. The van der Waals surface area contributed by atoms with E-state index in [-0.39, 0.29) is 0 Å². The largest absolute Gasteiger partial charge is 0.361 e. The Labute approximate surface area is 151 Å². The second-order valence-corrected chi connectivity index (χ2v) is 13.6. The monoisotopic (exact) mass is 352 g/mol. The van der Waals surface area contributed by atoms with E-state index >= 15 is 0 Å². The average Bonchev–Trinajstić information content (AvgIpc) is 2.93. The summed E-state index contributed by atoms with van der Waals surface area (Å²) in [5, 5.41) is 1.26. The molecule has 0 fully saturated rings. The molecule has 0 saturated carbocycles. The third-order valence-corrected chi connectivity index (χ3v) is 6.10. The van der Waals surface area contributed by atoms with Crippen molar-refractivity contribution in [2.45, 2.75) is 45.8 Å². The predicted octanol–water partition coefficient (Wildman–Crippen LogP) is 5.25. The standard InChI is InChI=1S/C21H28N2OSi/c1-17-6-5-7-20(22-17)14-18-8-9-19-10-11-23(21(19)15-18)16-24-12-13-25(2,3)4/h5-11,15H,12-14,16H2,1-4H3. The van der Waals surface area contributed by atoms with Crippen LogP contribution in [0.4, 0.5) is 0 Å². The lowest BCUT2D eigenvalue weighted by Crippen LogP contribution is -2.21. The highest BCUT2D eigenvalue weighted by Gasteiger charge is 2.12. The second kappa shape index (κ2) is 7.54. The number of fused-ring (bicyclic) bond motifs is 1. The number of rotatable bonds is 7. The van der Waals surface area contributed by atoms with Crippen LogP contribution in [0.5, 0.6) is 0 Å². The molecule has 0 spiro atoms. The molecule has 25 heavy (non-hydrogen) atoms. The summed E-state index contributed by atoms with van der Waals surface area (Å²) in [6.45, 7) is 10.7. The van der Waals surface area contributed by atoms with Crippen molar-refractivity contribution in [1.29, 1.82) is 0 Å². The Kier molecular flexibility index (Phi) is 5.40. The summed E-state index contributed by atoms with van der Waals surface area (Å²) in [4.78, 5) is 4.61. The first-order valence-corrected chi connectivity index (χ1v) is 12.7. The van der Waals surface area contributed by atoms with Crippen LogP contribution in [0.15, 0.2) is 48.7 Å². The fourth-order valence-corrected chi connectivity index (χ4v) is 3.66. The van der Waals surface area contributed by atoms with Crippen molar-refractivity contribution in [2.75, 3.05) is 6.61 Å². The zero-order chi connectivity index (χ0) is 17.9. The maximum atomic E-state index is 5.92. The minimum absolute atomic E-state index is 0.625. The number of benzene rings is 1. The number of aryl methyl sites for hydroxylation is 1. The Morgan fingerprint density at radius 3 is 2.68 bits per heavy atom. The van der Waals surface area contributed by atoms with Crippen molar-refractivity contribution < 1.29 is 4.74 Å². The Morgan fingerprint density at radius 2 is 1.92 bits per heavy atom. The smallest absolute Gasteiger partial charge is 0.122 e. The molecule has 0 amide bonds. The van der Waals surface area contributed by atoms with Gasteiger partial charge in [-0.05, 0) is 48.2 Å². The van der Waals surface area contributed by atoms with Gasteiger partial charge in [0.25, 0.3) is 0 Å². The average molecular weight is 353 g/mol. The van der Waals surface area contributed by atoms with Crippen LogP contribution in [0, 0.1) is 6.92 Å². The Balaban J connectivity index is 1.71. The van der Waals surface area contributed by atoms with Gasteiger partial charge < -0.3 is 9.30 Å². The molecule has 0 aliphatic rings. The van der Waals surface area contributed by atoms with Gasteiger partial charge in [-0.25, -0.2) is 0 Å². The number of pyridine rings is 1. The van der Waals surface area contributed by atoms with E-state index in [1.807, 2.05) is 13.0 Å². The lowest BCUT2D eigenvalue weighted by molar-refractivity contribution is 0.0902. The topological polar surface area (TPSA) is 27.1 Å². The second-order valence-electron chi connectivity index (χ2n) is 7.97. The lowest BCUT2D eigenvalue weighted by atomic mass is 10.1. The summed E-state index contributed by atoms with van der Waals surface area (Å²) >= 11 is 0. The predicted molar refractivity (Wildman–Crippen MR) is 108 cm³/mol. The van der Waals surface area contributed by atoms with Crippen LogP contribution in [-0.2, 0) is 17.9 Å².